The molecule has 1 aliphatic heterocycles. The average Bonchev–Trinajstić information content (AvgIpc) is 2.44. The highest BCUT2D eigenvalue weighted by Crippen LogP contribution is 2.22. The molecule has 118 valence electrons. The second-order valence-electron chi connectivity index (χ2n) is 6.91. The van der Waals surface area contributed by atoms with Crippen LogP contribution in [0.2, 0.25) is 0 Å². The van der Waals surface area contributed by atoms with Crippen molar-refractivity contribution in [2.45, 2.75) is 53.0 Å². The Kier molecular flexibility index (Phi) is 6.25. The van der Waals surface area contributed by atoms with Gasteiger partial charge in [-0.1, -0.05) is 43.2 Å². The van der Waals surface area contributed by atoms with E-state index in [9.17, 15) is 0 Å². The van der Waals surface area contributed by atoms with E-state index in [2.05, 4.69) is 56.1 Å². The molecule has 1 aromatic rings. The molecule has 0 amide bonds. The van der Waals surface area contributed by atoms with E-state index in [4.69, 9.17) is 0 Å². The molecule has 0 bridgehead atoms. The Labute approximate surface area is 130 Å². The molecule has 1 heterocycles. The summed E-state index contributed by atoms with van der Waals surface area (Å²) in [5.41, 5.74) is 4.21. The van der Waals surface area contributed by atoms with Gasteiger partial charge in [0.2, 0.25) is 0 Å². The third-order valence-electron chi connectivity index (χ3n) is 4.60. The fourth-order valence-corrected chi connectivity index (χ4v) is 3.32. The zero-order valence-electron chi connectivity index (χ0n) is 14.3. The second-order valence-corrected chi connectivity index (χ2v) is 6.91. The quantitative estimate of drug-likeness (QED) is 0.848. The van der Waals surface area contributed by atoms with Gasteiger partial charge in [-0.3, -0.25) is 0 Å². The van der Waals surface area contributed by atoms with Gasteiger partial charge in [-0.15, -0.1) is 0 Å². The molecular formula is C19H32N2. The maximum absolute atomic E-state index is 3.76. The first kappa shape index (κ1) is 16.5. The molecule has 1 atom stereocenters. The van der Waals surface area contributed by atoms with Crippen LogP contribution in [0.3, 0.4) is 0 Å². The van der Waals surface area contributed by atoms with Gasteiger partial charge in [0.15, 0.2) is 0 Å². The lowest BCUT2D eigenvalue weighted by molar-refractivity contribution is 0.175. The number of nitrogens with zero attached hydrogens (tertiary/aromatic N) is 1. The Morgan fingerprint density at radius 1 is 1.14 bits per heavy atom. The van der Waals surface area contributed by atoms with Crippen LogP contribution in [0.5, 0.6) is 0 Å². The Hall–Kier alpha value is -0.860. The topological polar surface area (TPSA) is 15.3 Å². The first-order valence-corrected chi connectivity index (χ1v) is 8.62. The lowest BCUT2D eigenvalue weighted by Crippen LogP contribution is -2.40. The minimum absolute atomic E-state index is 0.469. The van der Waals surface area contributed by atoms with E-state index in [0.717, 1.165) is 19.0 Å². The summed E-state index contributed by atoms with van der Waals surface area (Å²) in [7, 11) is 0. The molecule has 1 fully saturated rings. The van der Waals surface area contributed by atoms with Crippen LogP contribution >= 0.6 is 0 Å². The number of likely N-dealkylation sites (tertiary alicyclic amines) is 1. The van der Waals surface area contributed by atoms with Crippen LogP contribution in [0.1, 0.15) is 55.8 Å². The van der Waals surface area contributed by atoms with E-state index in [-0.39, 0.29) is 0 Å². The highest BCUT2D eigenvalue weighted by molar-refractivity contribution is 5.31. The Morgan fingerprint density at radius 2 is 1.76 bits per heavy atom. The maximum Gasteiger partial charge on any atom is 0.0449 e. The van der Waals surface area contributed by atoms with E-state index >= 15 is 0 Å². The first-order chi connectivity index (χ1) is 10.1. The molecule has 0 aromatic heterocycles. The Balaban J connectivity index is 2.06. The minimum Gasteiger partial charge on any atom is -0.309 e. The fraction of sp³-hybridized carbons (Fsp3) is 0.684. The lowest BCUT2D eigenvalue weighted by Gasteiger charge is -2.33. The predicted octanol–water partition coefficient (Wildman–Crippen LogP) is 4.08. The zero-order valence-corrected chi connectivity index (χ0v) is 14.3. The zero-order chi connectivity index (χ0) is 15.2. The molecule has 1 saturated heterocycles. The summed E-state index contributed by atoms with van der Waals surface area (Å²) in [5, 5.41) is 3.76. The number of hydrogen-bond donors (Lipinski definition) is 1. The van der Waals surface area contributed by atoms with Crippen LogP contribution in [0, 0.1) is 19.8 Å². The van der Waals surface area contributed by atoms with Gasteiger partial charge >= 0.3 is 0 Å². The fourth-order valence-electron chi connectivity index (χ4n) is 3.32. The SMILES string of the molecule is CCCNC(CN1CCC(C)CC1)c1cc(C)cc(C)c1. The van der Waals surface area contributed by atoms with Crippen molar-refractivity contribution in [1.82, 2.24) is 10.2 Å². The smallest absolute Gasteiger partial charge is 0.0449 e. The molecule has 1 N–H and O–H groups in total. The monoisotopic (exact) mass is 288 g/mol. The normalized spacial score (nSPS) is 18.9. The number of piperidine rings is 1. The summed E-state index contributed by atoms with van der Waals surface area (Å²) >= 11 is 0. The van der Waals surface area contributed by atoms with Crippen molar-refractivity contribution in [2.24, 2.45) is 5.92 Å². The van der Waals surface area contributed by atoms with Crippen LogP contribution < -0.4 is 5.32 Å². The largest absolute Gasteiger partial charge is 0.309 e. The molecule has 0 saturated carbocycles. The van der Waals surface area contributed by atoms with Crippen molar-refractivity contribution in [3.05, 3.63) is 34.9 Å². The van der Waals surface area contributed by atoms with E-state index in [0.29, 0.717) is 6.04 Å². The summed E-state index contributed by atoms with van der Waals surface area (Å²) in [6.07, 6.45) is 3.90. The summed E-state index contributed by atoms with van der Waals surface area (Å²) in [6, 6.07) is 7.44. The van der Waals surface area contributed by atoms with Crippen LogP contribution in [-0.4, -0.2) is 31.1 Å². The highest BCUT2D eigenvalue weighted by atomic mass is 15.2. The Morgan fingerprint density at radius 3 is 2.33 bits per heavy atom. The second kappa shape index (κ2) is 7.95. The lowest BCUT2D eigenvalue weighted by atomic mass is 9.97. The van der Waals surface area contributed by atoms with E-state index in [1.54, 1.807) is 0 Å². The molecule has 0 radical (unpaired) electrons. The van der Waals surface area contributed by atoms with E-state index in [1.807, 2.05) is 0 Å². The van der Waals surface area contributed by atoms with Crippen molar-refractivity contribution in [3.8, 4) is 0 Å². The van der Waals surface area contributed by atoms with E-state index in [1.165, 1.54) is 49.0 Å². The van der Waals surface area contributed by atoms with Gasteiger partial charge in [0.1, 0.15) is 0 Å². The summed E-state index contributed by atoms with van der Waals surface area (Å²) in [4.78, 5) is 2.64. The summed E-state index contributed by atoms with van der Waals surface area (Å²) in [5.74, 6) is 0.907. The van der Waals surface area contributed by atoms with Gasteiger partial charge in [-0.05, 0) is 64.2 Å². The number of aryl methyl sites for hydroxylation is 2. The van der Waals surface area contributed by atoms with Gasteiger partial charge in [0.05, 0.1) is 0 Å². The average molecular weight is 288 g/mol. The molecule has 1 unspecified atom stereocenters. The third-order valence-corrected chi connectivity index (χ3v) is 4.60. The molecule has 0 aliphatic carbocycles. The van der Waals surface area contributed by atoms with Crippen molar-refractivity contribution >= 4 is 0 Å². The number of nitrogens with one attached hydrogen (secondary N) is 1. The molecule has 2 rings (SSSR count). The van der Waals surface area contributed by atoms with Crippen molar-refractivity contribution in [1.29, 1.82) is 0 Å². The molecular weight excluding hydrogens is 256 g/mol. The van der Waals surface area contributed by atoms with Crippen LogP contribution in [0.4, 0.5) is 0 Å². The molecule has 1 aromatic carbocycles. The number of benzene rings is 1. The van der Waals surface area contributed by atoms with Gasteiger partial charge in [0, 0.05) is 12.6 Å². The molecule has 1 aliphatic rings. The summed E-state index contributed by atoms with van der Waals surface area (Å²) in [6.45, 7) is 13.8. The third kappa shape index (κ3) is 5.12. The molecule has 2 heteroatoms. The van der Waals surface area contributed by atoms with Crippen LogP contribution in [0.25, 0.3) is 0 Å². The van der Waals surface area contributed by atoms with Crippen LogP contribution in [-0.2, 0) is 0 Å². The number of rotatable bonds is 6. The minimum atomic E-state index is 0.469. The van der Waals surface area contributed by atoms with Gasteiger partial charge < -0.3 is 10.2 Å². The van der Waals surface area contributed by atoms with E-state index < -0.39 is 0 Å². The maximum atomic E-state index is 3.76. The molecule has 0 spiro atoms. The van der Waals surface area contributed by atoms with Crippen molar-refractivity contribution < 1.29 is 0 Å². The highest BCUT2D eigenvalue weighted by Gasteiger charge is 2.20. The number of hydrogen-bond acceptors (Lipinski definition) is 2. The standard InChI is InChI=1S/C19H32N2/c1-5-8-20-19(14-21-9-6-15(2)7-10-21)18-12-16(3)11-17(4)13-18/h11-13,15,19-20H,5-10,14H2,1-4H3. The Bertz CT molecular complexity index is 413. The molecule has 2 nitrogen and oxygen atoms in total. The van der Waals surface area contributed by atoms with Crippen molar-refractivity contribution in [2.75, 3.05) is 26.2 Å². The van der Waals surface area contributed by atoms with Crippen LogP contribution in [0.15, 0.2) is 18.2 Å². The van der Waals surface area contributed by atoms with Gasteiger partial charge in [0.25, 0.3) is 0 Å². The van der Waals surface area contributed by atoms with Crippen molar-refractivity contribution in [3.63, 3.8) is 0 Å². The van der Waals surface area contributed by atoms with Gasteiger partial charge in [-0.2, -0.15) is 0 Å². The first-order valence-electron chi connectivity index (χ1n) is 8.62. The molecule has 21 heavy (non-hydrogen) atoms. The van der Waals surface area contributed by atoms with Gasteiger partial charge in [-0.25, -0.2) is 0 Å². The summed E-state index contributed by atoms with van der Waals surface area (Å²) < 4.78 is 0. The predicted molar refractivity (Wildman–Crippen MR) is 91.8 cm³/mol.